The number of nitrogens with zero attached hydrogens (tertiary/aromatic N) is 1. The van der Waals surface area contributed by atoms with E-state index in [2.05, 4.69) is 17.6 Å². The van der Waals surface area contributed by atoms with E-state index in [0.29, 0.717) is 12.6 Å². The highest BCUT2D eigenvalue weighted by molar-refractivity contribution is 5.80. The van der Waals surface area contributed by atoms with Gasteiger partial charge < -0.3 is 20.2 Å². The number of aliphatic hydroxyl groups excluding tert-OH is 1. The van der Waals surface area contributed by atoms with Crippen molar-refractivity contribution >= 4 is 5.96 Å². The summed E-state index contributed by atoms with van der Waals surface area (Å²) in [6.07, 6.45) is 11.7. The lowest BCUT2D eigenvalue weighted by Crippen LogP contribution is -2.45. The number of hydrogen-bond donors (Lipinski definition) is 3. The zero-order chi connectivity index (χ0) is 17.5. The van der Waals surface area contributed by atoms with E-state index in [9.17, 15) is 5.11 Å². The van der Waals surface area contributed by atoms with Crippen molar-refractivity contribution in [2.75, 3.05) is 13.1 Å². The summed E-state index contributed by atoms with van der Waals surface area (Å²) in [4.78, 5) is 4.86. The predicted molar refractivity (Wildman–Crippen MR) is 101 cm³/mol. The fraction of sp³-hybridized carbons (Fsp3) is 0.750. The predicted octanol–water partition coefficient (Wildman–Crippen LogP) is 3.24. The molecule has 0 radical (unpaired) electrons. The highest BCUT2D eigenvalue weighted by atomic mass is 16.3. The molecule has 25 heavy (non-hydrogen) atoms. The van der Waals surface area contributed by atoms with Crippen molar-refractivity contribution in [3.8, 4) is 0 Å². The van der Waals surface area contributed by atoms with Crippen molar-refractivity contribution in [3.05, 3.63) is 24.2 Å². The van der Waals surface area contributed by atoms with Crippen molar-refractivity contribution in [3.63, 3.8) is 0 Å². The van der Waals surface area contributed by atoms with Gasteiger partial charge in [0, 0.05) is 24.4 Å². The molecule has 2 aliphatic rings. The average molecular weight is 348 g/mol. The largest absolute Gasteiger partial charge is 0.469 e. The van der Waals surface area contributed by atoms with E-state index in [0.717, 1.165) is 43.9 Å². The van der Waals surface area contributed by atoms with E-state index in [1.807, 2.05) is 12.1 Å². The molecule has 3 rings (SSSR count). The second-order valence-corrected chi connectivity index (χ2v) is 7.96. The highest BCUT2D eigenvalue weighted by Gasteiger charge is 2.35. The molecular formula is C20H33N3O2. The van der Waals surface area contributed by atoms with E-state index in [1.165, 1.54) is 32.1 Å². The first-order valence-corrected chi connectivity index (χ1v) is 9.91. The van der Waals surface area contributed by atoms with Gasteiger partial charge in [-0.15, -0.1) is 0 Å². The Hall–Kier alpha value is -1.49. The summed E-state index contributed by atoms with van der Waals surface area (Å²) in [7, 11) is 0. The summed E-state index contributed by atoms with van der Waals surface area (Å²) in [5.41, 5.74) is -0.0937. The lowest BCUT2D eigenvalue weighted by molar-refractivity contribution is 0.00715. The highest BCUT2D eigenvalue weighted by Crippen LogP contribution is 2.36. The van der Waals surface area contributed by atoms with Gasteiger partial charge in [-0.05, 0) is 37.8 Å². The molecule has 140 valence electrons. The van der Waals surface area contributed by atoms with Gasteiger partial charge in [0.05, 0.1) is 18.9 Å². The first kappa shape index (κ1) is 18.3. The average Bonchev–Trinajstić information content (AvgIpc) is 3.29. The van der Waals surface area contributed by atoms with Gasteiger partial charge in [-0.1, -0.05) is 32.6 Å². The summed E-state index contributed by atoms with van der Waals surface area (Å²) in [5, 5.41) is 17.5. The second kappa shape index (κ2) is 8.75. The van der Waals surface area contributed by atoms with Crippen molar-refractivity contribution in [1.29, 1.82) is 0 Å². The minimum absolute atomic E-state index is 0.0937. The van der Waals surface area contributed by atoms with E-state index < -0.39 is 0 Å². The Bertz CT molecular complexity index is 537. The Kier molecular flexibility index (Phi) is 6.40. The van der Waals surface area contributed by atoms with Crippen LogP contribution in [0.15, 0.2) is 27.8 Å². The topological polar surface area (TPSA) is 69.8 Å². The van der Waals surface area contributed by atoms with Gasteiger partial charge in [-0.3, -0.25) is 4.99 Å². The lowest BCUT2D eigenvalue weighted by atomic mass is 9.73. The molecule has 2 aliphatic carbocycles. The zero-order valence-corrected chi connectivity index (χ0v) is 15.5. The molecule has 1 heterocycles. The number of hydrogen-bond acceptors (Lipinski definition) is 3. The number of nitrogens with one attached hydrogen (secondary N) is 2. The van der Waals surface area contributed by atoms with Crippen LogP contribution < -0.4 is 10.6 Å². The molecular weight excluding hydrogens is 314 g/mol. The summed E-state index contributed by atoms with van der Waals surface area (Å²) in [5.74, 6) is 1.87. The van der Waals surface area contributed by atoms with Crippen molar-refractivity contribution in [2.45, 2.75) is 76.9 Å². The summed E-state index contributed by atoms with van der Waals surface area (Å²) in [6, 6.07) is 4.45. The Morgan fingerprint density at radius 2 is 2.08 bits per heavy atom. The third-order valence-electron chi connectivity index (χ3n) is 5.82. The standard InChI is InChI=1S/C20H33N3O2/c1-20(12-5-4-10-18(20)24)15-22-19(23-16-7-2-3-8-16)21-13-11-17-9-6-14-25-17/h6,9,14,16,18,24H,2-5,7-8,10-13,15H2,1H3,(H2,21,22,23). The van der Waals surface area contributed by atoms with Gasteiger partial charge >= 0.3 is 0 Å². The smallest absolute Gasteiger partial charge is 0.191 e. The number of aliphatic hydroxyl groups is 1. The fourth-order valence-electron chi connectivity index (χ4n) is 4.00. The first-order valence-electron chi connectivity index (χ1n) is 9.91. The molecule has 0 saturated heterocycles. The van der Waals surface area contributed by atoms with E-state index in [-0.39, 0.29) is 11.5 Å². The maximum absolute atomic E-state index is 10.4. The molecule has 5 heteroatoms. The van der Waals surface area contributed by atoms with Crippen LogP contribution in [0.3, 0.4) is 0 Å². The minimum Gasteiger partial charge on any atom is -0.469 e. The molecule has 2 unspecified atom stereocenters. The first-order chi connectivity index (χ1) is 12.2. The van der Waals surface area contributed by atoms with Gasteiger partial charge in [-0.2, -0.15) is 0 Å². The van der Waals surface area contributed by atoms with Crippen LogP contribution in [0.2, 0.25) is 0 Å². The lowest BCUT2D eigenvalue weighted by Gasteiger charge is -2.37. The molecule has 0 aromatic carbocycles. The number of aliphatic imine (C=N–C) groups is 1. The van der Waals surface area contributed by atoms with Crippen LogP contribution in [0.5, 0.6) is 0 Å². The van der Waals surface area contributed by atoms with Crippen molar-refractivity contribution < 1.29 is 9.52 Å². The molecule has 0 aliphatic heterocycles. The SMILES string of the molecule is CC1(CN=C(NCCc2ccco2)NC2CCCC2)CCCCC1O. The second-order valence-electron chi connectivity index (χ2n) is 7.96. The molecule has 0 bridgehead atoms. The molecule has 0 amide bonds. The fourth-order valence-corrected chi connectivity index (χ4v) is 4.00. The van der Waals surface area contributed by atoms with Gasteiger partial charge in [0.25, 0.3) is 0 Å². The number of guanidine groups is 1. The molecule has 1 aromatic rings. The summed E-state index contributed by atoms with van der Waals surface area (Å²) >= 11 is 0. The van der Waals surface area contributed by atoms with Crippen molar-refractivity contribution in [2.24, 2.45) is 10.4 Å². The van der Waals surface area contributed by atoms with Crippen LogP contribution in [0.25, 0.3) is 0 Å². The van der Waals surface area contributed by atoms with Crippen LogP contribution in [0, 0.1) is 5.41 Å². The Morgan fingerprint density at radius 3 is 2.80 bits per heavy atom. The number of rotatable bonds is 6. The molecule has 5 nitrogen and oxygen atoms in total. The monoisotopic (exact) mass is 347 g/mol. The maximum atomic E-state index is 10.4. The zero-order valence-electron chi connectivity index (χ0n) is 15.5. The molecule has 0 spiro atoms. The Balaban J connectivity index is 1.57. The normalized spacial score (nSPS) is 28.2. The van der Waals surface area contributed by atoms with Crippen LogP contribution >= 0.6 is 0 Å². The van der Waals surface area contributed by atoms with Crippen LogP contribution in [0.1, 0.15) is 64.1 Å². The molecule has 2 fully saturated rings. The quantitative estimate of drug-likeness (QED) is 0.546. The van der Waals surface area contributed by atoms with Gasteiger partial charge in [0.1, 0.15) is 5.76 Å². The summed E-state index contributed by atoms with van der Waals surface area (Å²) in [6.45, 7) is 3.65. The summed E-state index contributed by atoms with van der Waals surface area (Å²) < 4.78 is 5.40. The molecule has 3 N–H and O–H groups in total. The van der Waals surface area contributed by atoms with Gasteiger partial charge in [0.15, 0.2) is 5.96 Å². The molecule has 2 saturated carbocycles. The third kappa shape index (κ3) is 5.24. The Morgan fingerprint density at radius 1 is 1.28 bits per heavy atom. The van der Waals surface area contributed by atoms with Gasteiger partial charge in [0.2, 0.25) is 0 Å². The molecule has 1 aromatic heterocycles. The third-order valence-corrected chi connectivity index (χ3v) is 5.82. The van der Waals surface area contributed by atoms with Crippen LogP contribution in [0.4, 0.5) is 0 Å². The number of furan rings is 1. The van der Waals surface area contributed by atoms with Crippen LogP contribution in [-0.4, -0.2) is 36.3 Å². The van der Waals surface area contributed by atoms with E-state index in [1.54, 1.807) is 6.26 Å². The van der Waals surface area contributed by atoms with E-state index in [4.69, 9.17) is 9.41 Å². The molecule has 2 atom stereocenters. The van der Waals surface area contributed by atoms with E-state index >= 15 is 0 Å². The van der Waals surface area contributed by atoms with Gasteiger partial charge in [-0.25, -0.2) is 0 Å². The maximum Gasteiger partial charge on any atom is 0.191 e. The Labute approximate surface area is 151 Å². The minimum atomic E-state index is -0.235. The van der Waals surface area contributed by atoms with Crippen LogP contribution in [-0.2, 0) is 6.42 Å². The van der Waals surface area contributed by atoms with Crippen molar-refractivity contribution in [1.82, 2.24) is 10.6 Å².